The van der Waals surface area contributed by atoms with Crippen molar-refractivity contribution in [3.63, 3.8) is 0 Å². The first-order valence-electron chi connectivity index (χ1n) is 3.08. The molecular formula is C6H5N3OS. The molecule has 0 aromatic carbocycles. The van der Waals surface area contributed by atoms with Crippen LogP contribution in [0.5, 0.6) is 0 Å². The Bertz CT molecular complexity index is 444. The third-order valence-electron chi connectivity index (χ3n) is 1.32. The second-order valence-electron chi connectivity index (χ2n) is 2.14. The molecule has 11 heavy (non-hydrogen) atoms. The van der Waals surface area contributed by atoms with Gasteiger partial charge >= 0.3 is 0 Å². The van der Waals surface area contributed by atoms with E-state index in [0.29, 0.717) is 5.52 Å². The quantitative estimate of drug-likeness (QED) is 0.628. The van der Waals surface area contributed by atoms with E-state index in [1.54, 1.807) is 6.20 Å². The number of thiazole rings is 1. The Morgan fingerprint density at radius 2 is 2.45 bits per heavy atom. The van der Waals surface area contributed by atoms with Gasteiger partial charge in [0.1, 0.15) is 5.52 Å². The standard InChI is InChI=1S/C6H5N3OS/c1-3-8-5-4(11-3)2-7-9-6(5)10/h2H,1H3,(H,9,10). The smallest absolute Gasteiger partial charge is 0.265 e. The van der Waals surface area contributed by atoms with E-state index in [2.05, 4.69) is 15.2 Å². The number of aromatic amines is 1. The lowest BCUT2D eigenvalue weighted by atomic mass is 10.5. The fraction of sp³-hybridized carbons (Fsp3) is 0.167. The molecular weight excluding hydrogens is 162 g/mol. The van der Waals surface area contributed by atoms with Crippen molar-refractivity contribution in [3.8, 4) is 0 Å². The van der Waals surface area contributed by atoms with E-state index < -0.39 is 0 Å². The third-order valence-corrected chi connectivity index (χ3v) is 2.23. The number of hydrogen-bond acceptors (Lipinski definition) is 4. The van der Waals surface area contributed by atoms with Crippen molar-refractivity contribution in [1.29, 1.82) is 0 Å². The summed E-state index contributed by atoms with van der Waals surface area (Å²) in [7, 11) is 0. The maximum absolute atomic E-state index is 11.0. The molecule has 2 aromatic rings. The summed E-state index contributed by atoms with van der Waals surface area (Å²) < 4.78 is 0.839. The second kappa shape index (κ2) is 2.13. The van der Waals surface area contributed by atoms with Crippen molar-refractivity contribution in [1.82, 2.24) is 15.2 Å². The van der Waals surface area contributed by atoms with E-state index in [-0.39, 0.29) is 5.56 Å². The molecule has 56 valence electrons. The molecule has 0 aliphatic rings. The Labute approximate surface area is 65.9 Å². The van der Waals surface area contributed by atoms with E-state index in [4.69, 9.17) is 0 Å². The molecule has 0 saturated carbocycles. The zero-order chi connectivity index (χ0) is 7.84. The molecule has 5 heteroatoms. The summed E-state index contributed by atoms with van der Waals surface area (Å²) in [4.78, 5) is 15.1. The Morgan fingerprint density at radius 3 is 3.18 bits per heavy atom. The molecule has 0 bridgehead atoms. The molecule has 0 fully saturated rings. The number of hydrogen-bond donors (Lipinski definition) is 1. The fourth-order valence-corrected chi connectivity index (χ4v) is 1.69. The van der Waals surface area contributed by atoms with Gasteiger partial charge in [0.05, 0.1) is 15.9 Å². The van der Waals surface area contributed by atoms with Crippen LogP contribution in [0.3, 0.4) is 0 Å². The van der Waals surface area contributed by atoms with Crippen molar-refractivity contribution in [3.05, 3.63) is 21.6 Å². The summed E-state index contributed by atoms with van der Waals surface area (Å²) >= 11 is 1.47. The highest BCUT2D eigenvalue weighted by Gasteiger charge is 2.02. The zero-order valence-corrected chi connectivity index (χ0v) is 6.60. The number of aryl methyl sites for hydroxylation is 1. The van der Waals surface area contributed by atoms with Crippen molar-refractivity contribution in [2.45, 2.75) is 6.92 Å². The Morgan fingerprint density at radius 1 is 1.64 bits per heavy atom. The number of nitrogens with one attached hydrogen (secondary N) is 1. The van der Waals surface area contributed by atoms with Crippen LogP contribution >= 0.6 is 11.3 Å². The summed E-state index contributed by atoms with van der Waals surface area (Å²) in [5.41, 5.74) is 0.273. The van der Waals surface area contributed by atoms with Gasteiger partial charge in [-0.05, 0) is 6.92 Å². The molecule has 0 aliphatic carbocycles. The van der Waals surface area contributed by atoms with Gasteiger partial charge in [-0.2, -0.15) is 5.10 Å². The number of aromatic nitrogens is 3. The lowest BCUT2D eigenvalue weighted by Gasteiger charge is -1.80. The van der Waals surface area contributed by atoms with E-state index in [1.165, 1.54) is 11.3 Å². The van der Waals surface area contributed by atoms with E-state index in [0.717, 1.165) is 9.71 Å². The van der Waals surface area contributed by atoms with Crippen molar-refractivity contribution < 1.29 is 0 Å². The monoisotopic (exact) mass is 167 g/mol. The Hall–Kier alpha value is -1.23. The zero-order valence-electron chi connectivity index (χ0n) is 5.79. The molecule has 2 rings (SSSR count). The molecule has 0 unspecified atom stereocenters. The SMILES string of the molecule is Cc1nc2c(=O)[nH]ncc2s1. The molecule has 0 spiro atoms. The van der Waals surface area contributed by atoms with Crippen LogP contribution in [0.25, 0.3) is 10.2 Å². The number of fused-ring (bicyclic) bond motifs is 1. The van der Waals surface area contributed by atoms with Gasteiger partial charge in [-0.3, -0.25) is 4.79 Å². The fourth-order valence-electron chi connectivity index (χ4n) is 0.895. The van der Waals surface area contributed by atoms with Crippen LogP contribution < -0.4 is 5.56 Å². The van der Waals surface area contributed by atoms with Crippen LogP contribution in [0.1, 0.15) is 5.01 Å². The second-order valence-corrected chi connectivity index (χ2v) is 3.38. The highest BCUT2D eigenvalue weighted by atomic mass is 32.1. The van der Waals surface area contributed by atoms with Crippen LogP contribution in [0, 0.1) is 6.92 Å². The van der Waals surface area contributed by atoms with Crippen molar-refractivity contribution in [2.24, 2.45) is 0 Å². The molecule has 2 heterocycles. The maximum Gasteiger partial charge on any atom is 0.291 e. The number of nitrogens with zero attached hydrogens (tertiary/aromatic N) is 2. The van der Waals surface area contributed by atoms with E-state index >= 15 is 0 Å². The molecule has 0 amide bonds. The average Bonchev–Trinajstić information content (AvgIpc) is 2.31. The van der Waals surface area contributed by atoms with Crippen molar-refractivity contribution >= 4 is 21.6 Å². The molecule has 0 aliphatic heterocycles. The van der Waals surface area contributed by atoms with Gasteiger partial charge in [-0.25, -0.2) is 10.1 Å². The maximum atomic E-state index is 11.0. The highest BCUT2D eigenvalue weighted by Crippen LogP contribution is 2.15. The molecule has 0 atom stereocenters. The van der Waals surface area contributed by atoms with Gasteiger partial charge in [0.15, 0.2) is 0 Å². The predicted molar refractivity (Wildman–Crippen MR) is 42.8 cm³/mol. The van der Waals surface area contributed by atoms with Gasteiger partial charge in [-0.15, -0.1) is 11.3 Å². The number of H-pyrrole nitrogens is 1. The summed E-state index contributed by atoms with van der Waals surface area (Å²) in [5, 5.41) is 6.87. The summed E-state index contributed by atoms with van der Waals surface area (Å²) in [6.07, 6.45) is 1.61. The number of rotatable bonds is 0. The molecule has 4 nitrogen and oxygen atoms in total. The highest BCUT2D eigenvalue weighted by molar-refractivity contribution is 7.18. The van der Waals surface area contributed by atoms with Gasteiger partial charge in [0, 0.05) is 0 Å². The van der Waals surface area contributed by atoms with Crippen LogP contribution in [-0.4, -0.2) is 15.2 Å². The minimum atomic E-state index is -0.216. The first-order valence-corrected chi connectivity index (χ1v) is 3.90. The van der Waals surface area contributed by atoms with Gasteiger partial charge in [-0.1, -0.05) is 0 Å². The summed E-state index contributed by atoms with van der Waals surface area (Å²) in [5.74, 6) is 0. The largest absolute Gasteiger partial charge is 0.291 e. The van der Waals surface area contributed by atoms with Gasteiger partial charge < -0.3 is 0 Å². The minimum absolute atomic E-state index is 0.216. The normalized spacial score (nSPS) is 10.6. The first kappa shape index (κ1) is 6.48. The molecule has 0 saturated heterocycles. The van der Waals surface area contributed by atoms with Crippen LogP contribution in [-0.2, 0) is 0 Å². The lowest BCUT2D eigenvalue weighted by Crippen LogP contribution is -2.06. The van der Waals surface area contributed by atoms with Gasteiger partial charge in [0.25, 0.3) is 5.56 Å². The third kappa shape index (κ3) is 0.932. The van der Waals surface area contributed by atoms with Gasteiger partial charge in [0.2, 0.25) is 0 Å². The summed E-state index contributed by atoms with van der Waals surface area (Å²) in [6.45, 7) is 1.87. The Kier molecular flexibility index (Phi) is 1.25. The first-order chi connectivity index (χ1) is 5.27. The topological polar surface area (TPSA) is 58.6 Å². The van der Waals surface area contributed by atoms with Crippen LogP contribution in [0.2, 0.25) is 0 Å². The predicted octanol–water partition coefficient (Wildman–Crippen LogP) is 0.688. The molecule has 2 aromatic heterocycles. The minimum Gasteiger partial charge on any atom is -0.265 e. The van der Waals surface area contributed by atoms with E-state index in [1.807, 2.05) is 6.92 Å². The van der Waals surface area contributed by atoms with Crippen LogP contribution in [0.15, 0.2) is 11.0 Å². The average molecular weight is 167 g/mol. The Balaban J connectivity index is 3.02. The summed E-state index contributed by atoms with van der Waals surface area (Å²) in [6, 6.07) is 0. The lowest BCUT2D eigenvalue weighted by molar-refractivity contribution is 1.01. The molecule has 0 radical (unpaired) electrons. The molecule has 1 N–H and O–H groups in total. The van der Waals surface area contributed by atoms with Crippen molar-refractivity contribution in [2.75, 3.05) is 0 Å². The van der Waals surface area contributed by atoms with Crippen LogP contribution in [0.4, 0.5) is 0 Å². The van der Waals surface area contributed by atoms with E-state index in [9.17, 15) is 4.79 Å².